The Bertz CT molecular complexity index is 650. The zero-order chi connectivity index (χ0) is 15.4. The van der Waals surface area contributed by atoms with Crippen molar-refractivity contribution in [2.24, 2.45) is 0 Å². The standard InChI is InChI=1S/C14H14N2O5/c1-19-12-4-3-5-13(20-2)14(12)21-11-7-6-9(16(17)18)8-10(11)15/h3-8H,15H2,1-2H3. The van der Waals surface area contributed by atoms with E-state index >= 15 is 0 Å². The Labute approximate surface area is 121 Å². The van der Waals surface area contributed by atoms with Crippen LogP contribution in [0.15, 0.2) is 36.4 Å². The number of rotatable bonds is 5. The molecule has 7 heteroatoms. The zero-order valence-corrected chi connectivity index (χ0v) is 11.5. The van der Waals surface area contributed by atoms with Crippen LogP contribution in [0.4, 0.5) is 11.4 Å². The van der Waals surface area contributed by atoms with E-state index in [1.54, 1.807) is 18.2 Å². The Kier molecular flexibility index (Phi) is 4.13. The predicted octanol–water partition coefficient (Wildman–Crippen LogP) is 2.99. The number of nitrogen functional groups attached to an aromatic ring is 1. The van der Waals surface area contributed by atoms with Gasteiger partial charge in [-0.2, -0.15) is 0 Å². The molecule has 7 nitrogen and oxygen atoms in total. The fourth-order valence-electron chi connectivity index (χ4n) is 1.77. The van der Waals surface area contributed by atoms with Gasteiger partial charge in [0.2, 0.25) is 5.75 Å². The number of nitrogens with two attached hydrogens (primary N) is 1. The lowest BCUT2D eigenvalue weighted by Gasteiger charge is -2.14. The van der Waals surface area contributed by atoms with E-state index in [0.29, 0.717) is 17.2 Å². The second kappa shape index (κ2) is 6.00. The summed E-state index contributed by atoms with van der Waals surface area (Å²) >= 11 is 0. The first-order chi connectivity index (χ1) is 10.1. The number of non-ortho nitro benzene ring substituents is 1. The second-order valence-electron chi connectivity index (χ2n) is 4.07. The number of nitrogens with zero attached hydrogens (tertiary/aromatic N) is 1. The molecule has 0 aliphatic rings. The topological polar surface area (TPSA) is 96.8 Å². The third-order valence-electron chi connectivity index (χ3n) is 2.80. The van der Waals surface area contributed by atoms with Gasteiger partial charge >= 0.3 is 0 Å². The van der Waals surface area contributed by atoms with Crippen molar-refractivity contribution in [1.82, 2.24) is 0 Å². The average molecular weight is 290 g/mol. The van der Waals surface area contributed by atoms with E-state index in [0.717, 1.165) is 0 Å². The smallest absolute Gasteiger partial charge is 0.271 e. The summed E-state index contributed by atoms with van der Waals surface area (Å²) in [5.41, 5.74) is 5.82. The molecule has 110 valence electrons. The third-order valence-corrected chi connectivity index (χ3v) is 2.80. The SMILES string of the molecule is COc1cccc(OC)c1Oc1ccc([N+](=O)[O-])cc1N. The highest BCUT2D eigenvalue weighted by Crippen LogP contribution is 2.41. The molecule has 0 unspecified atom stereocenters. The van der Waals surface area contributed by atoms with Crippen molar-refractivity contribution >= 4 is 11.4 Å². The summed E-state index contributed by atoms with van der Waals surface area (Å²) in [6.45, 7) is 0. The molecule has 2 N–H and O–H groups in total. The van der Waals surface area contributed by atoms with Crippen LogP contribution >= 0.6 is 0 Å². The Hall–Kier alpha value is -2.96. The van der Waals surface area contributed by atoms with Crippen molar-refractivity contribution in [2.75, 3.05) is 20.0 Å². The van der Waals surface area contributed by atoms with Crippen LogP contribution in [-0.4, -0.2) is 19.1 Å². The number of hydrogen-bond donors (Lipinski definition) is 1. The lowest BCUT2D eigenvalue weighted by Crippen LogP contribution is -1.98. The van der Waals surface area contributed by atoms with Gasteiger partial charge in [0.1, 0.15) is 0 Å². The van der Waals surface area contributed by atoms with Crippen molar-refractivity contribution < 1.29 is 19.1 Å². The Morgan fingerprint density at radius 1 is 1.05 bits per heavy atom. The van der Waals surface area contributed by atoms with Gasteiger partial charge in [-0.05, 0) is 18.2 Å². The van der Waals surface area contributed by atoms with Gasteiger partial charge in [0, 0.05) is 12.1 Å². The first-order valence-corrected chi connectivity index (χ1v) is 5.99. The monoisotopic (exact) mass is 290 g/mol. The molecule has 0 amide bonds. The number of ether oxygens (including phenoxy) is 3. The number of para-hydroxylation sites is 1. The number of anilines is 1. The summed E-state index contributed by atoms with van der Waals surface area (Å²) in [4.78, 5) is 10.2. The first-order valence-electron chi connectivity index (χ1n) is 5.99. The van der Waals surface area contributed by atoms with Gasteiger partial charge in [-0.15, -0.1) is 0 Å². The van der Waals surface area contributed by atoms with Gasteiger partial charge in [-0.1, -0.05) is 6.07 Å². The highest BCUT2D eigenvalue weighted by atomic mass is 16.6. The second-order valence-corrected chi connectivity index (χ2v) is 4.07. The van der Waals surface area contributed by atoms with E-state index in [2.05, 4.69) is 0 Å². The molecule has 0 aromatic heterocycles. The maximum atomic E-state index is 10.7. The molecule has 0 aliphatic carbocycles. The molecule has 2 aromatic rings. The van der Waals surface area contributed by atoms with Crippen LogP contribution in [0.3, 0.4) is 0 Å². The number of hydrogen-bond acceptors (Lipinski definition) is 6. The molecule has 0 bridgehead atoms. The zero-order valence-electron chi connectivity index (χ0n) is 11.5. The molecular formula is C14H14N2O5. The highest BCUT2D eigenvalue weighted by molar-refractivity contribution is 5.61. The van der Waals surface area contributed by atoms with Gasteiger partial charge in [0.25, 0.3) is 5.69 Å². The van der Waals surface area contributed by atoms with Crippen LogP contribution in [0.1, 0.15) is 0 Å². The van der Waals surface area contributed by atoms with Gasteiger partial charge < -0.3 is 19.9 Å². The Morgan fingerprint density at radius 3 is 2.14 bits per heavy atom. The van der Waals surface area contributed by atoms with Crippen LogP contribution in [0.5, 0.6) is 23.0 Å². The Balaban J connectivity index is 2.40. The van der Waals surface area contributed by atoms with Crippen molar-refractivity contribution in [2.45, 2.75) is 0 Å². The maximum absolute atomic E-state index is 10.7. The molecule has 0 heterocycles. The molecule has 0 saturated heterocycles. The van der Waals surface area contributed by atoms with Crippen LogP contribution in [0.2, 0.25) is 0 Å². The normalized spacial score (nSPS) is 10.0. The quantitative estimate of drug-likeness (QED) is 0.516. The van der Waals surface area contributed by atoms with Crippen molar-refractivity contribution in [3.05, 3.63) is 46.5 Å². The van der Waals surface area contributed by atoms with Crippen molar-refractivity contribution in [1.29, 1.82) is 0 Å². The van der Waals surface area contributed by atoms with E-state index in [1.807, 2.05) is 0 Å². The van der Waals surface area contributed by atoms with Crippen LogP contribution in [0.25, 0.3) is 0 Å². The van der Waals surface area contributed by atoms with Gasteiger partial charge in [0.15, 0.2) is 17.2 Å². The number of nitro groups is 1. The summed E-state index contributed by atoms with van der Waals surface area (Å²) in [6, 6.07) is 9.15. The number of methoxy groups -OCH3 is 2. The largest absolute Gasteiger partial charge is 0.493 e. The molecular weight excluding hydrogens is 276 g/mol. The fraction of sp³-hybridized carbons (Fsp3) is 0.143. The van der Waals surface area contributed by atoms with Crippen LogP contribution < -0.4 is 19.9 Å². The van der Waals surface area contributed by atoms with Gasteiger partial charge in [0.05, 0.1) is 24.8 Å². The molecule has 0 atom stereocenters. The molecule has 2 rings (SSSR count). The van der Waals surface area contributed by atoms with Crippen LogP contribution in [0, 0.1) is 10.1 Å². The van der Waals surface area contributed by atoms with Gasteiger partial charge in [-0.25, -0.2) is 0 Å². The first kappa shape index (κ1) is 14.4. The van der Waals surface area contributed by atoms with Crippen LogP contribution in [-0.2, 0) is 0 Å². The minimum absolute atomic E-state index is 0.105. The summed E-state index contributed by atoms with van der Waals surface area (Å²) in [5.74, 6) is 1.56. The number of benzene rings is 2. The molecule has 0 spiro atoms. The van der Waals surface area contributed by atoms with E-state index in [9.17, 15) is 10.1 Å². The van der Waals surface area contributed by atoms with Crippen molar-refractivity contribution in [3.8, 4) is 23.0 Å². The molecule has 0 radical (unpaired) electrons. The molecule has 0 fully saturated rings. The van der Waals surface area contributed by atoms with Crippen molar-refractivity contribution in [3.63, 3.8) is 0 Å². The maximum Gasteiger partial charge on any atom is 0.271 e. The molecule has 0 saturated carbocycles. The lowest BCUT2D eigenvalue weighted by atomic mass is 10.2. The highest BCUT2D eigenvalue weighted by Gasteiger charge is 2.15. The molecule has 21 heavy (non-hydrogen) atoms. The minimum atomic E-state index is -0.524. The van der Waals surface area contributed by atoms with E-state index in [-0.39, 0.29) is 17.1 Å². The molecule has 0 aliphatic heterocycles. The summed E-state index contributed by atoms with van der Waals surface area (Å²) in [7, 11) is 3.00. The number of nitro benzene ring substituents is 1. The summed E-state index contributed by atoms with van der Waals surface area (Å²) in [6.07, 6.45) is 0. The Morgan fingerprint density at radius 2 is 1.67 bits per heavy atom. The summed E-state index contributed by atoms with van der Waals surface area (Å²) in [5, 5.41) is 10.7. The third kappa shape index (κ3) is 2.97. The lowest BCUT2D eigenvalue weighted by molar-refractivity contribution is -0.384. The average Bonchev–Trinajstić information content (AvgIpc) is 2.49. The minimum Gasteiger partial charge on any atom is -0.493 e. The van der Waals surface area contributed by atoms with E-state index < -0.39 is 4.92 Å². The van der Waals surface area contributed by atoms with E-state index in [1.165, 1.54) is 32.4 Å². The molecule has 2 aromatic carbocycles. The van der Waals surface area contributed by atoms with E-state index in [4.69, 9.17) is 19.9 Å². The van der Waals surface area contributed by atoms with Gasteiger partial charge in [-0.3, -0.25) is 10.1 Å². The summed E-state index contributed by atoms with van der Waals surface area (Å²) < 4.78 is 16.1. The fourth-order valence-corrected chi connectivity index (χ4v) is 1.77. The predicted molar refractivity (Wildman–Crippen MR) is 77.1 cm³/mol.